The van der Waals surface area contributed by atoms with E-state index in [9.17, 15) is 18.0 Å². The van der Waals surface area contributed by atoms with Crippen LogP contribution in [-0.2, 0) is 6.42 Å². The van der Waals surface area contributed by atoms with E-state index in [0.29, 0.717) is 16.9 Å². The molecule has 31 heavy (non-hydrogen) atoms. The summed E-state index contributed by atoms with van der Waals surface area (Å²) in [4.78, 5) is 17.0. The number of alkyl halides is 3. The molecule has 3 aromatic rings. The minimum absolute atomic E-state index is 0.0783. The number of nitrogens with one attached hydrogen (secondary N) is 1. The Hall–Kier alpha value is -3.55. The number of pyridine rings is 1. The first-order valence-electron chi connectivity index (χ1n) is 9.65. The number of para-hydroxylation sites is 2. The Morgan fingerprint density at radius 3 is 2.29 bits per heavy atom. The van der Waals surface area contributed by atoms with Crippen molar-refractivity contribution in [3.8, 4) is 17.2 Å². The Kier molecular flexibility index (Phi) is 6.79. The number of benzene rings is 2. The largest absolute Gasteiger partial charge is 0.573 e. The van der Waals surface area contributed by atoms with Crippen molar-refractivity contribution >= 4 is 11.6 Å². The van der Waals surface area contributed by atoms with Crippen molar-refractivity contribution in [3.05, 3.63) is 77.6 Å². The number of anilines is 1. The third-order valence-electron chi connectivity index (χ3n) is 4.31. The van der Waals surface area contributed by atoms with E-state index in [1.165, 1.54) is 36.4 Å². The lowest BCUT2D eigenvalue weighted by atomic mass is 10.1. The molecule has 0 aliphatic carbocycles. The van der Waals surface area contributed by atoms with E-state index in [-0.39, 0.29) is 17.4 Å². The molecule has 1 N–H and O–H groups in total. The quantitative estimate of drug-likeness (QED) is 0.479. The van der Waals surface area contributed by atoms with Crippen LogP contribution in [0.4, 0.5) is 18.9 Å². The lowest BCUT2D eigenvalue weighted by Gasteiger charge is -2.14. The van der Waals surface area contributed by atoms with Gasteiger partial charge in [0.05, 0.1) is 11.3 Å². The molecule has 3 rings (SSSR count). The van der Waals surface area contributed by atoms with Crippen LogP contribution in [0.25, 0.3) is 0 Å². The van der Waals surface area contributed by atoms with E-state index in [2.05, 4.69) is 22.0 Å². The summed E-state index contributed by atoms with van der Waals surface area (Å²) in [6, 6.07) is 15.3. The molecule has 0 fully saturated rings. The SMILES string of the molecule is CCCc1ccc(C(=O)Nc2ccc(Oc3ccccc3OC(F)(F)F)cc2)c(C)n1. The molecule has 1 aromatic heterocycles. The van der Waals surface area contributed by atoms with Crippen LogP contribution in [0.15, 0.2) is 60.7 Å². The smallest absolute Gasteiger partial charge is 0.453 e. The van der Waals surface area contributed by atoms with Crippen LogP contribution in [0.5, 0.6) is 17.2 Å². The highest BCUT2D eigenvalue weighted by molar-refractivity contribution is 6.05. The normalized spacial score (nSPS) is 11.1. The van der Waals surface area contributed by atoms with Gasteiger partial charge in [0.1, 0.15) is 5.75 Å². The van der Waals surface area contributed by atoms with E-state index >= 15 is 0 Å². The van der Waals surface area contributed by atoms with Crippen molar-refractivity contribution in [2.75, 3.05) is 5.32 Å². The monoisotopic (exact) mass is 430 g/mol. The fourth-order valence-electron chi connectivity index (χ4n) is 2.92. The average molecular weight is 430 g/mol. The minimum atomic E-state index is -4.82. The van der Waals surface area contributed by atoms with Gasteiger partial charge in [-0.25, -0.2) is 0 Å². The van der Waals surface area contributed by atoms with Crippen LogP contribution in [0.1, 0.15) is 35.1 Å². The first kappa shape index (κ1) is 22.1. The van der Waals surface area contributed by atoms with Gasteiger partial charge < -0.3 is 14.8 Å². The zero-order valence-electron chi connectivity index (χ0n) is 17.0. The van der Waals surface area contributed by atoms with Gasteiger partial charge in [-0.1, -0.05) is 25.5 Å². The summed E-state index contributed by atoms with van der Waals surface area (Å²) in [6.07, 6.45) is -3.00. The van der Waals surface area contributed by atoms with Crippen LogP contribution in [-0.4, -0.2) is 17.3 Å². The number of ether oxygens (including phenoxy) is 2. The molecular formula is C23H21F3N2O3. The molecule has 8 heteroatoms. The minimum Gasteiger partial charge on any atom is -0.453 e. The Balaban J connectivity index is 1.68. The van der Waals surface area contributed by atoms with E-state index in [0.717, 1.165) is 18.5 Å². The second-order valence-electron chi connectivity index (χ2n) is 6.76. The van der Waals surface area contributed by atoms with Gasteiger partial charge in [-0.2, -0.15) is 0 Å². The molecule has 1 amide bonds. The molecule has 0 unspecified atom stereocenters. The van der Waals surface area contributed by atoms with E-state index in [1.807, 2.05) is 6.07 Å². The summed E-state index contributed by atoms with van der Waals surface area (Å²) in [5.41, 5.74) is 2.56. The fraction of sp³-hybridized carbons (Fsp3) is 0.217. The predicted octanol–water partition coefficient (Wildman–Crippen LogP) is 6.29. The molecule has 0 aliphatic rings. The van der Waals surface area contributed by atoms with E-state index < -0.39 is 12.1 Å². The number of carbonyl (C=O) groups is 1. The lowest BCUT2D eigenvalue weighted by Crippen LogP contribution is -2.17. The molecule has 0 saturated carbocycles. The highest BCUT2D eigenvalue weighted by atomic mass is 19.4. The third-order valence-corrected chi connectivity index (χ3v) is 4.31. The molecule has 0 spiro atoms. The first-order valence-corrected chi connectivity index (χ1v) is 9.65. The highest BCUT2D eigenvalue weighted by Crippen LogP contribution is 2.35. The number of nitrogens with zero attached hydrogens (tertiary/aromatic N) is 1. The molecule has 1 heterocycles. The van der Waals surface area contributed by atoms with Gasteiger partial charge in [0.25, 0.3) is 5.91 Å². The molecule has 0 atom stereocenters. The van der Waals surface area contributed by atoms with Gasteiger partial charge in [-0.05, 0) is 61.9 Å². The van der Waals surface area contributed by atoms with E-state index in [4.69, 9.17) is 4.74 Å². The molecule has 0 saturated heterocycles. The zero-order chi connectivity index (χ0) is 22.4. The number of carbonyl (C=O) groups excluding carboxylic acids is 1. The summed E-state index contributed by atoms with van der Waals surface area (Å²) >= 11 is 0. The van der Waals surface area contributed by atoms with Gasteiger partial charge >= 0.3 is 6.36 Å². The number of aryl methyl sites for hydroxylation is 2. The van der Waals surface area contributed by atoms with Crippen molar-refractivity contribution in [1.82, 2.24) is 4.98 Å². The molecule has 162 valence electrons. The number of hydrogen-bond acceptors (Lipinski definition) is 4. The van der Waals surface area contributed by atoms with Crippen molar-refractivity contribution < 1.29 is 27.4 Å². The second kappa shape index (κ2) is 9.51. The summed E-state index contributed by atoms with van der Waals surface area (Å²) in [5, 5.41) is 2.78. The molecular weight excluding hydrogens is 409 g/mol. The number of amides is 1. The molecule has 2 aromatic carbocycles. The Labute approximate surface area is 177 Å². The standard InChI is InChI=1S/C23H21F3N2O3/c1-3-6-16-11-14-19(15(2)27-16)22(29)28-17-9-12-18(13-10-17)30-20-7-4-5-8-21(20)31-23(24,25)26/h4-5,7-14H,3,6H2,1-2H3,(H,28,29). The van der Waals surface area contributed by atoms with Gasteiger partial charge in [0, 0.05) is 11.4 Å². The van der Waals surface area contributed by atoms with Gasteiger partial charge in [-0.15, -0.1) is 13.2 Å². The number of hydrogen-bond donors (Lipinski definition) is 1. The average Bonchev–Trinajstić information content (AvgIpc) is 2.70. The maximum absolute atomic E-state index is 12.6. The van der Waals surface area contributed by atoms with Crippen molar-refractivity contribution in [3.63, 3.8) is 0 Å². The van der Waals surface area contributed by atoms with Gasteiger partial charge in [0.2, 0.25) is 0 Å². The zero-order valence-corrected chi connectivity index (χ0v) is 17.0. The summed E-state index contributed by atoms with van der Waals surface area (Å²) in [5.74, 6) is -0.531. The van der Waals surface area contributed by atoms with Crippen LogP contribution in [0.2, 0.25) is 0 Å². The third kappa shape index (κ3) is 6.21. The Morgan fingerprint density at radius 1 is 1.00 bits per heavy atom. The first-order chi connectivity index (χ1) is 14.7. The van der Waals surface area contributed by atoms with Crippen LogP contribution in [0.3, 0.4) is 0 Å². The van der Waals surface area contributed by atoms with Crippen LogP contribution < -0.4 is 14.8 Å². The summed E-state index contributed by atoms with van der Waals surface area (Å²) in [6.45, 7) is 3.85. The van der Waals surface area contributed by atoms with E-state index in [1.54, 1.807) is 25.1 Å². The number of aromatic nitrogens is 1. The van der Waals surface area contributed by atoms with Crippen molar-refractivity contribution in [2.45, 2.75) is 33.1 Å². The van der Waals surface area contributed by atoms with Crippen molar-refractivity contribution in [1.29, 1.82) is 0 Å². The number of halogens is 3. The molecule has 0 radical (unpaired) electrons. The Morgan fingerprint density at radius 2 is 1.68 bits per heavy atom. The molecule has 5 nitrogen and oxygen atoms in total. The summed E-state index contributed by atoms with van der Waals surface area (Å²) < 4.78 is 47.1. The fourth-order valence-corrected chi connectivity index (χ4v) is 2.92. The number of rotatable bonds is 7. The molecule has 0 bridgehead atoms. The maximum atomic E-state index is 12.6. The van der Waals surface area contributed by atoms with Crippen LogP contribution >= 0.6 is 0 Å². The Bertz CT molecular complexity index is 1050. The summed E-state index contributed by atoms with van der Waals surface area (Å²) in [7, 11) is 0. The second-order valence-corrected chi connectivity index (χ2v) is 6.76. The molecule has 0 aliphatic heterocycles. The maximum Gasteiger partial charge on any atom is 0.573 e. The van der Waals surface area contributed by atoms with Gasteiger partial charge in [-0.3, -0.25) is 9.78 Å². The van der Waals surface area contributed by atoms with Gasteiger partial charge in [0.15, 0.2) is 11.5 Å². The predicted molar refractivity (Wildman–Crippen MR) is 111 cm³/mol. The van der Waals surface area contributed by atoms with Crippen LogP contribution in [0, 0.1) is 6.92 Å². The topological polar surface area (TPSA) is 60.5 Å². The van der Waals surface area contributed by atoms with Crippen molar-refractivity contribution in [2.24, 2.45) is 0 Å². The highest BCUT2D eigenvalue weighted by Gasteiger charge is 2.32. The lowest BCUT2D eigenvalue weighted by molar-refractivity contribution is -0.275.